The maximum atomic E-state index is 11.0. The molecular formula is C10H14N2O2. The number of H-pyrrole nitrogens is 1. The number of fused-ring (bicyclic) bond motifs is 1. The minimum Gasteiger partial charge on any atom is -0.481 e. The molecule has 4 nitrogen and oxygen atoms in total. The number of aromatic amines is 1. The summed E-state index contributed by atoms with van der Waals surface area (Å²) in [7, 11) is 0. The van der Waals surface area contributed by atoms with Crippen molar-refractivity contribution in [1.29, 1.82) is 0 Å². The van der Waals surface area contributed by atoms with Gasteiger partial charge in [0.15, 0.2) is 0 Å². The Labute approximate surface area is 82.3 Å². The first-order chi connectivity index (χ1) is 6.74. The van der Waals surface area contributed by atoms with Crippen LogP contribution in [0, 0.1) is 0 Å². The van der Waals surface area contributed by atoms with E-state index in [2.05, 4.69) is 10.2 Å². The van der Waals surface area contributed by atoms with Crippen molar-refractivity contribution in [2.24, 2.45) is 0 Å². The molecule has 1 aromatic heterocycles. The molecule has 14 heavy (non-hydrogen) atoms. The van der Waals surface area contributed by atoms with Crippen molar-refractivity contribution in [1.82, 2.24) is 10.2 Å². The molecule has 1 heterocycles. The molecule has 4 heteroatoms. The number of nitrogens with zero attached hydrogens (tertiary/aromatic N) is 1. The monoisotopic (exact) mass is 194 g/mol. The van der Waals surface area contributed by atoms with Crippen LogP contribution in [0.25, 0.3) is 0 Å². The number of aryl methyl sites for hydroxylation is 2. The zero-order valence-electron chi connectivity index (χ0n) is 8.21. The van der Waals surface area contributed by atoms with Gasteiger partial charge in [-0.3, -0.25) is 9.89 Å². The van der Waals surface area contributed by atoms with E-state index in [4.69, 9.17) is 5.11 Å². The quantitative estimate of drug-likeness (QED) is 0.749. The van der Waals surface area contributed by atoms with Crippen LogP contribution in [0.1, 0.15) is 42.6 Å². The molecule has 0 bridgehead atoms. The molecule has 0 aliphatic heterocycles. The third-order valence-electron chi connectivity index (χ3n) is 2.86. The van der Waals surface area contributed by atoms with Gasteiger partial charge in [-0.15, -0.1) is 0 Å². The summed E-state index contributed by atoms with van der Waals surface area (Å²) in [6.07, 6.45) is 3.42. The first-order valence-electron chi connectivity index (χ1n) is 5.02. The highest BCUT2D eigenvalue weighted by Gasteiger charge is 2.30. The lowest BCUT2D eigenvalue weighted by molar-refractivity contribution is -0.139. The highest BCUT2D eigenvalue weighted by atomic mass is 16.4. The van der Waals surface area contributed by atoms with Gasteiger partial charge >= 0.3 is 5.97 Å². The van der Waals surface area contributed by atoms with Crippen molar-refractivity contribution in [2.45, 2.75) is 38.5 Å². The SMILES string of the molecule is CCc1n[nH]c2c1C(C(=O)O)CCC2. The number of carbonyl (C=O) groups is 1. The maximum absolute atomic E-state index is 11.0. The van der Waals surface area contributed by atoms with Crippen molar-refractivity contribution < 1.29 is 9.90 Å². The Morgan fingerprint density at radius 2 is 2.50 bits per heavy atom. The largest absolute Gasteiger partial charge is 0.481 e. The Hall–Kier alpha value is -1.32. The van der Waals surface area contributed by atoms with E-state index in [0.717, 1.165) is 42.6 Å². The maximum Gasteiger partial charge on any atom is 0.311 e. The lowest BCUT2D eigenvalue weighted by atomic mass is 9.85. The van der Waals surface area contributed by atoms with Crippen LogP contribution < -0.4 is 0 Å². The van der Waals surface area contributed by atoms with Crippen LogP contribution in [0.2, 0.25) is 0 Å². The molecule has 0 radical (unpaired) electrons. The molecule has 0 fully saturated rings. The minimum absolute atomic E-state index is 0.340. The fourth-order valence-corrected chi connectivity index (χ4v) is 2.18. The van der Waals surface area contributed by atoms with Gasteiger partial charge < -0.3 is 5.11 Å². The van der Waals surface area contributed by atoms with Crippen LogP contribution in [0.4, 0.5) is 0 Å². The number of nitrogens with one attached hydrogen (secondary N) is 1. The molecule has 1 unspecified atom stereocenters. The van der Waals surface area contributed by atoms with Crippen LogP contribution in [0.3, 0.4) is 0 Å². The van der Waals surface area contributed by atoms with E-state index in [0.29, 0.717) is 0 Å². The van der Waals surface area contributed by atoms with Crippen molar-refractivity contribution in [3.05, 3.63) is 17.0 Å². The minimum atomic E-state index is -0.720. The van der Waals surface area contributed by atoms with Crippen LogP contribution >= 0.6 is 0 Å². The summed E-state index contributed by atoms with van der Waals surface area (Å²) in [5.41, 5.74) is 2.90. The zero-order chi connectivity index (χ0) is 10.1. The second kappa shape index (κ2) is 3.44. The van der Waals surface area contributed by atoms with E-state index in [1.54, 1.807) is 0 Å². The van der Waals surface area contributed by atoms with Gasteiger partial charge in [0, 0.05) is 11.3 Å². The van der Waals surface area contributed by atoms with Gasteiger partial charge in [-0.2, -0.15) is 5.10 Å². The Balaban J connectivity index is 2.44. The van der Waals surface area contributed by atoms with Gasteiger partial charge in [0.1, 0.15) is 0 Å². The van der Waals surface area contributed by atoms with E-state index in [9.17, 15) is 4.79 Å². The predicted octanol–water partition coefficient (Wildman–Crippen LogP) is 1.48. The Morgan fingerprint density at radius 3 is 3.14 bits per heavy atom. The molecule has 0 amide bonds. The number of carboxylic acid groups (broad SMARTS) is 1. The number of carboxylic acids is 1. The van der Waals surface area contributed by atoms with E-state index in [1.807, 2.05) is 6.92 Å². The molecule has 0 saturated carbocycles. The van der Waals surface area contributed by atoms with Crippen molar-refractivity contribution >= 4 is 5.97 Å². The molecule has 0 saturated heterocycles. The van der Waals surface area contributed by atoms with Gasteiger partial charge in [0.2, 0.25) is 0 Å². The third kappa shape index (κ3) is 1.31. The van der Waals surface area contributed by atoms with Crippen LogP contribution in [-0.4, -0.2) is 21.3 Å². The Morgan fingerprint density at radius 1 is 1.71 bits per heavy atom. The van der Waals surface area contributed by atoms with Gasteiger partial charge in [0.05, 0.1) is 11.6 Å². The van der Waals surface area contributed by atoms with Crippen molar-refractivity contribution in [3.63, 3.8) is 0 Å². The topological polar surface area (TPSA) is 66.0 Å². The highest BCUT2D eigenvalue weighted by Crippen LogP contribution is 2.33. The van der Waals surface area contributed by atoms with E-state index < -0.39 is 5.97 Å². The van der Waals surface area contributed by atoms with Crippen LogP contribution in [-0.2, 0) is 17.6 Å². The normalized spacial score (nSPS) is 20.5. The molecule has 2 rings (SSSR count). The second-order valence-corrected chi connectivity index (χ2v) is 3.70. The van der Waals surface area contributed by atoms with E-state index >= 15 is 0 Å². The Bertz CT molecular complexity index is 344. The summed E-state index contributed by atoms with van der Waals surface area (Å²) in [6, 6.07) is 0. The molecule has 1 aliphatic rings. The number of rotatable bonds is 2. The average molecular weight is 194 g/mol. The number of aliphatic carboxylic acids is 1. The summed E-state index contributed by atoms with van der Waals surface area (Å²) in [4.78, 5) is 11.0. The summed E-state index contributed by atoms with van der Waals surface area (Å²) in [5.74, 6) is -1.06. The standard InChI is InChI=1S/C10H14N2O2/c1-2-7-9-6(10(13)14)4-3-5-8(9)12-11-7/h6H,2-5H2,1H3,(H,11,12)(H,13,14). The molecule has 2 N–H and O–H groups in total. The molecule has 0 aromatic carbocycles. The number of aromatic nitrogens is 2. The lowest BCUT2D eigenvalue weighted by Crippen LogP contribution is -2.18. The molecule has 76 valence electrons. The van der Waals surface area contributed by atoms with Crippen LogP contribution in [0.5, 0.6) is 0 Å². The molecule has 1 aliphatic carbocycles. The van der Waals surface area contributed by atoms with Crippen LogP contribution in [0.15, 0.2) is 0 Å². The highest BCUT2D eigenvalue weighted by molar-refractivity contribution is 5.77. The summed E-state index contributed by atoms with van der Waals surface area (Å²) < 4.78 is 0. The summed E-state index contributed by atoms with van der Waals surface area (Å²) in [5, 5.41) is 16.2. The van der Waals surface area contributed by atoms with Gasteiger partial charge in [-0.05, 0) is 25.7 Å². The fraction of sp³-hybridized carbons (Fsp3) is 0.600. The zero-order valence-corrected chi connectivity index (χ0v) is 8.21. The first kappa shape index (κ1) is 9.24. The first-order valence-corrected chi connectivity index (χ1v) is 5.02. The van der Waals surface area contributed by atoms with Crippen molar-refractivity contribution in [3.8, 4) is 0 Å². The predicted molar refractivity (Wildman–Crippen MR) is 51.3 cm³/mol. The third-order valence-corrected chi connectivity index (χ3v) is 2.86. The summed E-state index contributed by atoms with van der Waals surface area (Å²) in [6.45, 7) is 2.00. The molecule has 0 spiro atoms. The molecular weight excluding hydrogens is 180 g/mol. The van der Waals surface area contributed by atoms with Gasteiger partial charge in [0.25, 0.3) is 0 Å². The van der Waals surface area contributed by atoms with Crippen molar-refractivity contribution in [2.75, 3.05) is 0 Å². The van der Waals surface area contributed by atoms with Gasteiger partial charge in [-0.1, -0.05) is 6.92 Å². The fourth-order valence-electron chi connectivity index (χ4n) is 2.18. The van der Waals surface area contributed by atoms with E-state index in [-0.39, 0.29) is 5.92 Å². The molecule has 1 atom stereocenters. The number of hydrogen-bond donors (Lipinski definition) is 2. The number of hydrogen-bond acceptors (Lipinski definition) is 2. The van der Waals surface area contributed by atoms with Gasteiger partial charge in [-0.25, -0.2) is 0 Å². The summed E-state index contributed by atoms with van der Waals surface area (Å²) >= 11 is 0. The lowest BCUT2D eigenvalue weighted by Gasteiger charge is -2.18. The molecule has 1 aromatic rings. The smallest absolute Gasteiger partial charge is 0.311 e. The van der Waals surface area contributed by atoms with E-state index in [1.165, 1.54) is 0 Å². The average Bonchev–Trinajstić information content (AvgIpc) is 2.59. The Kier molecular flexibility index (Phi) is 2.27. The second-order valence-electron chi connectivity index (χ2n) is 3.70.